The van der Waals surface area contributed by atoms with Crippen LogP contribution in [0.25, 0.3) is 22.4 Å². The lowest BCUT2D eigenvalue weighted by molar-refractivity contribution is 0.0983. The maximum absolute atomic E-state index is 12.5. The summed E-state index contributed by atoms with van der Waals surface area (Å²) < 4.78 is 30.2. The van der Waals surface area contributed by atoms with Gasteiger partial charge in [-0.2, -0.15) is 0 Å². The molecule has 0 radical (unpaired) electrons. The smallest absolute Gasteiger partial charge is 0.265 e. The second-order valence-corrected chi connectivity index (χ2v) is 7.31. The Bertz CT molecular complexity index is 1030. The van der Waals surface area contributed by atoms with Crippen LogP contribution < -0.4 is 4.72 Å². The summed E-state index contributed by atoms with van der Waals surface area (Å²) in [6.45, 7) is 1.97. The largest absolute Gasteiger partial charge is 0.335 e. The number of hydrogen-bond acceptors (Lipinski definition) is 7. The van der Waals surface area contributed by atoms with Gasteiger partial charge in [0.05, 0.1) is 28.6 Å². The minimum absolute atomic E-state index is 0.152. The molecule has 9 heteroatoms. The minimum atomic E-state index is -3.71. The van der Waals surface area contributed by atoms with Crippen LogP contribution in [0, 0.1) is 0 Å². The Kier molecular flexibility index (Phi) is 4.49. The molecule has 0 unspecified atom stereocenters. The van der Waals surface area contributed by atoms with E-state index in [0.29, 0.717) is 28.8 Å². The van der Waals surface area contributed by atoms with Crippen molar-refractivity contribution in [2.45, 2.75) is 19.8 Å². The highest BCUT2D eigenvalue weighted by Crippen LogP contribution is 2.27. The molecular weight excluding hydrogens is 344 g/mol. The summed E-state index contributed by atoms with van der Waals surface area (Å²) in [7, 11) is -3.71. The standard InChI is InChI=1S/C16H16N4O4S/c1-3-5-12-14-11(15(21)20-25(2,22)23)8-13(18-16(14)24-19-12)10-6-4-7-17-9-10/h4,6-9H,3,5H2,1-2H3,(H,20,21). The fraction of sp³-hybridized carbons (Fsp3) is 0.250. The summed E-state index contributed by atoms with van der Waals surface area (Å²) >= 11 is 0. The van der Waals surface area contributed by atoms with Crippen LogP contribution in [-0.4, -0.2) is 35.7 Å². The van der Waals surface area contributed by atoms with Crippen molar-refractivity contribution in [3.05, 3.63) is 41.9 Å². The Morgan fingerprint density at radius 1 is 1.36 bits per heavy atom. The molecule has 0 saturated heterocycles. The summed E-state index contributed by atoms with van der Waals surface area (Å²) in [4.78, 5) is 20.9. The molecule has 0 aliphatic heterocycles. The quantitative estimate of drug-likeness (QED) is 0.739. The number of nitrogens with zero attached hydrogens (tertiary/aromatic N) is 3. The minimum Gasteiger partial charge on any atom is -0.335 e. The number of carbonyl (C=O) groups excluding carboxylic acids is 1. The highest BCUT2D eigenvalue weighted by molar-refractivity contribution is 7.89. The SMILES string of the molecule is CCCc1noc2nc(-c3cccnc3)cc(C(=O)NS(C)(=O)=O)c12. The Labute approximate surface area is 144 Å². The van der Waals surface area contributed by atoms with Crippen LogP contribution in [0.3, 0.4) is 0 Å². The first-order valence-corrected chi connectivity index (χ1v) is 9.50. The normalized spacial score (nSPS) is 11.6. The van der Waals surface area contributed by atoms with Gasteiger partial charge in [0, 0.05) is 18.0 Å². The average molecular weight is 360 g/mol. The molecule has 8 nitrogen and oxygen atoms in total. The summed E-state index contributed by atoms with van der Waals surface area (Å²) in [5.41, 5.74) is 2.02. The van der Waals surface area contributed by atoms with Crippen LogP contribution in [0.1, 0.15) is 29.4 Å². The van der Waals surface area contributed by atoms with Crippen molar-refractivity contribution in [2.24, 2.45) is 0 Å². The van der Waals surface area contributed by atoms with Gasteiger partial charge in [-0.05, 0) is 24.6 Å². The molecular formula is C16H16N4O4S. The van der Waals surface area contributed by atoms with Crippen molar-refractivity contribution < 1.29 is 17.7 Å². The molecule has 3 aromatic heterocycles. The number of amides is 1. The zero-order chi connectivity index (χ0) is 18.0. The molecule has 3 heterocycles. The molecule has 3 rings (SSSR count). The summed E-state index contributed by atoms with van der Waals surface area (Å²) in [6.07, 6.45) is 5.51. The van der Waals surface area contributed by atoms with E-state index >= 15 is 0 Å². The Balaban J connectivity index is 2.22. The van der Waals surface area contributed by atoms with Crippen molar-refractivity contribution in [3.63, 3.8) is 0 Å². The molecule has 0 spiro atoms. The van der Waals surface area contributed by atoms with E-state index in [4.69, 9.17) is 4.52 Å². The van der Waals surface area contributed by atoms with Gasteiger partial charge in [0.1, 0.15) is 0 Å². The molecule has 0 bridgehead atoms. The van der Waals surface area contributed by atoms with Gasteiger partial charge in [-0.25, -0.2) is 18.1 Å². The third kappa shape index (κ3) is 3.66. The molecule has 1 N–H and O–H groups in total. The van der Waals surface area contributed by atoms with Gasteiger partial charge in [-0.3, -0.25) is 9.78 Å². The third-order valence-electron chi connectivity index (χ3n) is 3.48. The van der Waals surface area contributed by atoms with Crippen molar-refractivity contribution in [1.29, 1.82) is 0 Å². The van der Waals surface area contributed by atoms with E-state index in [1.54, 1.807) is 24.5 Å². The van der Waals surface area contributed by atoms with Crippen LogP contribution in [-0.2, 0) is 16.4 Å². The topological polar surface area (TPSA) is 115 Å². The van der Waals surface area contributed by atoms with Crippen molar-refractivity contribution in [2.75, 3.05) is 6.26 Å². The van der Waals surface area contributed by atoms with Crippen molar-refractivity contribution >= 4 is 27.0 Å². The van der Waals surface area contributed by atoms with E-state index in [-0.39, 0.29) is 11.3 Å². The monoisotopic (exact) mass is 360 g/mol. The van der Waals surface area contributed by atoms with Gasteiger partial charge in [0.15, 0.2) is 0 Å². The van der Waals surface area contributed by atoms with Gasteiger partial charge in [-0.15, -0.1) is 0 Å². The molecule has 0 atom stereocenters. The van der Waals surface area contributed by atoms with E-state index in [9.17, 15) is 13.2 Å². The highest BCUT2D eigenvalue weighted by Gasteiger charge is 2.22. The first-order chi connectivity index (χ1) is 11.9. The van der Waals surface area contributed by atoms with Gasteiger partial charge >= 0.3 is 0 Å². The van der Waals surface area contributed by atoms with E-state index < -0.39 is 15.9 Å². The van der Waals surface area contributed by atoms with Crippen molar-refractivity contribution in [3.8, 4) is 11.3 Å². The Morgan fingerprint density at radius 2 is 2.16 bits per heavy atom. The van der Waals surface area contributed by atoms with Crippen LogP contribution in [0.4, 0.5) is 0 Å². The summed E-state index contributed by atoms with van der Waals surface area (Å²) in [5.74, 6) is -0.749. The van der Waals surface area contributed by atoms with Gasteiger partial charge in [0.2, 0.25) is 10.0 Å². The predicted molar refractivity (Wildman–Crippen MR) is 91.3 cm³/mol. The number of rotatable bonds is 5. The summed E-state index contributed by atoms with van der Waals surface area (Å²) in [6, 6.07) is 5.04. The predicted octanol–water partition coefficient (Wildman–Crippen LogP) is 1.93. The number of sulfonamides is 1. The third-order valence-corrected chi connectivity index (χ3v) is 4.04. The van der Waals surface area contributed by atoms with Gasteiger partial charge in [-0.1, -0.05) is 18.5 Å². The molecule has 0 saturated carbocycles. The molecule has 0 aliphatic carbocycles. The lowest BCUT2D eigenvalue weighted by atomic mass is 10.0. The zero-order valence-electron chi connectivity index (χ0n) is 13.7. The van der Waals surface area contributed by atoms with Gasteiger partial charge in [0.25, 0.3) is 11.6 Å². The number of fused-ring (bicyclic) bond motifs is 1. The van der Waals surface area contributed by atoms with Crippen LogP contribution >= 0.6 is 0 Å². The fourth-order valence-corrected chi connectivity index (χ4v) is 2.93. The number of pyridine rings is 2. The number of hydrogen-bond donors (Lipinski definition) is 1. The molecule has 0 aliphatic rings. The number of aromatic nitrogens is 3. The van der Waals surface area contributed by atoms with E-state index in [1.165, 1.54) is 6.07 Å². The molecule has 0 aromatic carbocycles. The van der Waals surface area contributed by atoms with E-state index in [1.807, 2.05) is 11.6 Å². The first kappa shape index (κ1) is 17.0. The fourth-order valence-electron chi connectivity index (χ4n) is 2.48. The summed E-state index contributed by atoms with van der Waals surface area (Å²) in [5, 5.41) is 4.40. The molecule has 1 amide bonds. The number of nitrogens with one attached hydrogen (secondary N) is 1. The van der Waals surface area contributed by atoms with Crippen LogP contribution in [0.5, 0.6) is 0 Å². The van der Waals surface area contributed by atoms with E-state index in [2.05, 4.69) is 15.1 Å². The Morgan fingerprint density at radius 3 is 2.80 bits per heavy atom. The van der Waals surface area contributed by atoms with Crippen LogP contribution in [0.2, 0.25) is 0 Å². The van der Waals surface area contributed by atoms with Crippen molar-refractivity contribution in [1.82, 2.24) is 19.8 Å². The van der Waals surface area contributed by atoms with Crippen LogP contribution in [0.15, 0.2) is 35.1 Å². The molecule has 130 valence electrons. The molecule has 3 aromatic rings. The first-order valence-electron chi connectivity index (χ1n) is 7.61. The lowest BCUT2D eigenvalue weighted by Gasteiger charge is -2.07. The van der Waals surface area contributed by atoms with Gasteiger partial charge < -0.3 is 4.52 Å². The lowest BCUT2D eigenvalue weighted by Crippen LogP contribution is -2.29. The number of carbonyl (C=O) groups is 1. The second-order valence-electron chi connectivity index (χ2n) is 5.56. The maximum Gasteiger partial charge on any atom is 0.265 e. The zero-order valence-corrected chi connectivity index (χ0v) is 14.5. The van der Waals surface area contributed by atoms with E-state index in [0.717, 1.165) is 12.7 Å². The highest BCUT2D eigenvalue weighted by atomic mass is 32.2. The average Bonchev–Trinajstić information content (AvgIpc) is 2.97. The number of aryl methyl sites for hydroxylation is 1. The molecule has 25 heavy (non-hydrogen) atoms. The maximum atomic E-state index is 12.5. The molecule has 0 fully saturated rings. The Hall–Kier alpha value is -2.81. The second kappa shape index (κ2) is 6.60.